The van der Waals surface area contributed by atoms with Gasteiger partial charge in [0.15, 0.2) is 0 Å². The Balaban J connectivity index is 1.59. The molecular formula is C32H20N2O4S2. The van der Waals surface area contributed by atoms with Crippen LogP contribution in [-0.4, -0.2) is 23.5 Å². The Bertz CT molecular complexity index is 2050. The lowest BCUT2D eigenvalue weighted by molar-refractivity contribution is 0.0697. The van der Waals surface area contributed by atoms with E-state index in [2.05, 4.69) is 6.07 Å². The Morgan fingerprint density at radius 2 is 1.50 bits per heavy atom. The van der Waals surface area contributed by atoms with Crippen molar-refractivity contribution in [3.8, 4) is 39.6 Å². The lowest BCUT2D eigenvalue weighted by Crippen LogP contribution is -2.14. The Hall–Kier alpha value is -4.97. The molecule has 0 bridgehead atoms. The lowest BCUT2D eigenvalue weighted by atomic mass is 9.99. The number of carboxylic acid groups (broad SMARTS) is 1. The van der Waals surface area contributed by atoms with E-state index in [9.17, 15) is 23.6 Å². The lowest BCUT2D eigenvalue weighted by Gasteiger charge is -2.14. The van der Waals surface area contributed by atoms with E-state index in [1.165, 1.54) is 33.5 Å². The van der Waals surface area contributed by atoms with Gasteiger partial charge in [0, 0.05) is 16.5 Å². The molecule has 6 rings (SSSR count). The van der Waals surface area contributed by atoms with Crippen LogP contribution in [0.15, 0.2) is 119 Å². The van der Waals surface area contributed by atoms with Gasteiger partial charge in [0.05, 0.1) is 21.7 Å². The zero-order valence-corrected chi connectivity index (χ0v) is 22.5. The first-order valence-electron chi connectivity index (χ1n) is 12.3. The highest BCUT2D eigenvalue weighted by atomic mass is 32.2. The van der Waals surface area contributed by atoms with Crippen molar-refractivity contribution < 1.29 is 18.3 Å². The van der Waals surface area contributed by atoms with Gasteiger partial charge in [-0.15, -0.1) is 11.3 Å². The van der Waals surface area contributed by atoms with Gasteiger partial charge < -0.3 is 5.11 Å². The Labute approximate surface area is 234 Å². The number of thiophene rings is 1. The second kappa shape index (κ2) is 9.97. The third kappa shape index (κ3) is 4.18. The number of nitriles is 1. The van der Waals surface area contributed by atoms with E-state index in [0.717, 1.165) is 5.39 Å². The Morgan fingerprint density at radius 1 is 0.800 bits per heavy atom. The van der Waals surface area contributed by atoms with Crippen LogP contribution in [0.25, 0.3) is 44.4 Å². The minimum absolute atomic E-state index is 0.0842. The molecule has 6 aromatic rings. The summed E-state index contributed by atoms with van der Waals surface area (Å²) in [5.41, 5.74) is 4.58. The molecule has 1 N–H and O–H groups in total. The highest BCUT2D eigenvalue weighted by Crippen LogP contribution is 2.44. The van der Waals surface area contributed by atoms with Gasteiger partial charge in [-0.2, -0.15) is 5.26 Å². The van der Waals surface area contributed by atoms with Crippen LogP contribution in [0.4, 0.5) is 0 Å². The monoisotopic (exact) mass is 560 g/mol. The zero-order chi connectivity index (χ0) is 27.9. The summed E-state index contributed by atoms with van der Waals surface area (Å²) in [7, 11) is -4.11. The second-order valence-corrected chi connectivity index (χ2v) is 11.8. The minimum Gasteiger partial charge on any atom is -0.478 e. The van der Waals surface area contributed by atoms with Crippen LogP contribution < -0.4 is 0 Å². The maximum Gasteiger partial charge on any atom is 0.335 e. The predicted octanol–water partition coefficient (Wildman–Crippen LogP) is 7.51. The van der Waals surface area contributed by atoms with Crippen LogP contribution in [0.5, 0.6) is 0 Å². The molecule has 4 aromatic carbocycles. The summed E-state index contributed by atoms with van der Waals surface area (Å²) in [6.45, 7) is 0. The number of hydrogen-bond acceptors (Lipinski definition) is 5. The van der Waals surface area contributed by atoms with E-state index in [1.54, 1.807) is 42.5 Å². The summed E-state index contributed by atoms with van der Waals surface area (Å²) in [6.07, 6.45) is 0. The normalized spacial score (nSPS) is 11.4. The van der Waals surface area contributed by atoms with Gasteiger partial charge in [-0.25, -0.2) is 17.2 Å². The number of para-hydroxylation sites is 1. The van der Waals surface area contributed by atoms with Gasteiger partial charge in [0.2, 0.25) is 0 Å². The number of hydrogen-bond donors (Lipinski definition) is 1. The molecule has 6 nitrogen and oxygen atoms in total. The van der Waals surface area contributed by atoms with Crippen LogP contribution >= 0.6 is 11.3 Å². The van der Waals surface area contributed by atoms with Crippen molar-refractivity contribution in [1.29, 1.82) is 5.26 Å². The van der Waals surface area contributed by atoms with E-state index in [-0.39, 0.29) is 10.5 Å². The fourth-order valence-electron chi connectivity index (χ4n) is 4.94. The fraction of sp³-hybridized carbons (Fsp3) is 0. The summed E-state index contributed by atoms with van der Waals surface area (Å²) in [4.78, 5) is 12.0. The summed E-state index contributed by atoms with van der Waals surface area (Å²) in [5.74, 6) is -1.03. The van der Waals surface area contributed by atoms with Crippen molar-refractivity contribution in [3.05, 3.63) is 125 Å². The number of carboxylic acids is 1. The first-order chi connectivity index (χ1) is 19.4. The zero-order valence-electron chi connectivity index (χ0n) is 20.9. The van der Waals surface area contributed by atoms with Crippen molar-refractivity contribution in [3.63, 3.8) is 0 Å². The number of aromatic nitrogens is 1. The van der Waals surface area contributed by atoms with Crippen LogP contribution in [0, 0.1) is 11.3 Å². The van der Waals surface area contributed by atoms with E-state index >= 15 is 0 Å². The van der Waals surface area contributed by atoms with E-state index in [1.807, 2.05) is 53.9 Å². The third-order valence-electron chi connectivity index (χ3n) is 6.75. The smallest absolute Gasteiger partial charge is 0.335 e. The van der Waals surface area contributed by atoms with Gasteiger partial charge in [0.25, 0.3) is 10.0 Å². The molecule has 194 valence electrons. The van der Waals surface area contributed by atoms with Crippen LogP contribution in [0.1, 0.15) is 15.2 Å². The average molecular weight is 561 g/mol. The minimum atomic E-state index is -4.11. The highest BCUT2D eigenvalue weighted by Gasteiger charge is 2.29. The number of aromatic carboxylic acids is 1. The van der Waals surface area contributed by atoms with Crippen molar-refractivity contribution in [2.24, 2.45) is 0 Å². The fourth-order valence-corrected chi connectivity index (χ4v) is 7.18. The van der Waals surface area contributed by atoms with Crippen LogP contribution in [0.3, 0.4) is 0 Å². The number of rotatable bonds is 6. The number of carbonyl (C=O) groups is 1. The summed E-state index contributed by atoms with van der Waals surface area (Å²) in [5, 5.41) is 21.7. The molecule has 2 aromatic heterocycles. The molecule has 0 aliphatic rings. The van der Waals surface area contributed by atoms with Crippen LogP contribution in [-0.2, 0) is 10.0 Å². The number of nitrogens with zero attached hydrogens (tertiary/aromatic N) is 2. The molecule has 0 saturated heterocycles. The molecule has 0 unspecified atom stereocenters. The number of fused-ring (bicyclic) bond motifs is 1. The molecule has 0 aliphatic carbocycles. The second-order valence-electron chi connectivity index (χ2n) is 9.06. The molecule has 0 spiro atoms. The molecule has 0 radical (unpaired) electrons. The summed E-state index contributed by atoms with van der Waals surface area (Å²) >= 11 is 1.32. The first kappa shape index (κ1) is 25.3. The number of benzene rings is 4. The van der Waals surface area contributed by atoms with Gasteiger partial charge in [-0.3, -0.25) is 0 Å². The molecule has 0 aliphatic heterocycles. The molecular weight excluding hydrogens is 540 g/mol. The van der Waals surface area contributed by atoms with Gasteiger partial charge >= 0.3 is 5.97 Å². The quantitative estimate of drug-likeness (QED) is 0.227. The molecule has 40 heavy (non-hydrogen) atoms. The van der Waals surface area contributed by atoms with Crippen molar-refractivity contribution in [1.82, 2.24) is 3.97 Å². The summed E-state index contributed by atoms with van der Waals surface area (Å²) in [6, 6.07) is 33.6. The maximum absolute atomic E-state index is 14.4. The molecule has 8 heteroatoms. The largest absolute Gasteiger partial charge is 0.478 e. The summed E-state index contributed by atoms with van der Waals surface area (Å²) < 4.78 is 30.2. The Kier molecular flexibility index (Phi) is 6.31. The molecule has 0 fully saturated rings. The maximum atomic E-state index is 14.4. The third-order valence-corrected chi connectivity index (χ3v) is 9.30. The SMILES string of the molecule is N#Cc1sccc1-c1c(-c2ccccc2)n(S(=O)(=O)c2ccc(-c3cccc(C(=O)O)c3)cc2)c2ccccc12. The van der Waals surface area contributed by atoms with Gasteiger partial charge in [-0.1, -0.05) is 72.8 Å². The first-order valence-corrected chi connectivity index (χ1v) is 14.6. The topological polar surface area (TPSA) is 100 Å². The average Bonchev–Trinajstić information content (AvgIpc) is 3.60. The van der Waals surface area contributed by atoms with Crippen LogP contribution in [0.2, 0.25) is 0 Å². The van der Waals surface area contributed by atoms with Gasteiger partial charge in [0.1, 0.15) is 10.9 Å². The van der Waals surface area contributed by atoms with E-state index < -0.39 is 16.0 Å². The standard InChI is InChI=1S/C32H20N2O4S2/c33-20-29-27(17-18-39-29)30-26-11-4-5-12-28(26)34(31(30)22-7-2-1-3-8-22)40(37,38)25-15-13-21(14-16-25)23-9-6-10-24(19-23)32(35)36/h1-19H,(H,35,36). The van der Waals surface area contributed by atoms with Crippen molar-refractivity contribution in [2.75, 3.05) is 0 Å². The van der Waals surface area contributed by atoms with Gasteiger partial charge in [-0.05, 0) is 58.5 Å². The van der Waals surface area contributed by atoms with Crippen molar-refractivity contribution >= 4 is 38.2 Å². The molecule has 0 atom stereocenters. The van der Waals surface area contributed by atoms with E-state index in [0.29, 0.717) is 43.9 Å². The predicted molar refractivity (Wildman–Crippen MR) is 157 cm³/mol. The highest BCUT2D eigenvalue weighted by molar-refractivity contribution is 7.90. The molecule has 0 amide bonds. The van der Waals surface area contributed by atoms with E-state index in [4.69, 9.17) is 0 Å². The molecule has 0 saturated carbocycles. The van der Waals surface area contributed by atoms with Crippen molar-refractivity contribution in [2.45, 2.75) is 4.90 Å². The Morgan fingerprint density at radius 3 is 2.23 bits per heavy atom. The molecule has 2 heterocycles.